The summed E-state index contributed by atoms with van der Waals surface area (Å²) in [6, 6.07) is 7.85. The van der Waals surface area contributed by atoms with Gasteiger partial charge in [0.05, 0.1) is 5.60 Å². The van der Waals surface area contributed by atoms with E-state index in [1.807, 2.05) is 24.3 Å². The zero-order valence-corrected chi connectivity index (χ0v) is 13.5. The fraction of sp³-hybridized carbons (Fsp3) is 0.562. The summed E-state index contributed by atoms with van der Waals surface area (Å²) in [7, 11) is 3.31. The second-order valence-corrected chi connectivity index (χ2v) is 5.70. The van der Waals surface area contributed by atoms with Crippen LogP contribution in [0.1, 0.15) is 27.2 Å². The van der Waals surface area contributed by atoms with Crippen LogP contribution in [0.15, 0.2) is 24.3 Å². The number of carbonyl (C=O) groups excluding carboxylic acids is 1. The SMILES string of the molecule is CNC(=O)COc1cccc(NC(C)CC(C)(C)OC)c1. The monoisotopic (exact) mass is 294 g/mol. The Kier molecular flexibility index (Phi) is 6.49. The number of likely N-dealkylation sites (N-methyl/N-ethyl adjacent to an activating group) is 1. The van der Waals surface area contributed by atoms with E-state index in [1.165, 1.54) is 0 Å². The molecule has 0 saturated carbocycles. The average molecular weight is 294 g/mol. The third-order valence-corrected chi connectivity index (χ3v) is 3.25. The predicted octanol–water partition coefficient (Wildman–Crippen LogP) is 2.43. The van der Waals surface area contributed by atoms with E-state index in [0.29, 0.717) is 5.75 Å². The first-order valence-electron chi connectivity index (χ1n) is 7.11. The smallest absolute Gasteiger partial charge is 0.257 e. The maximum absolute atomic E-state index is 11.2. The van der Waals surface area contributed by atoms with E-state index in [1.54, 1.807) is 14.2 Å². The molecule has 21 heavy (non-hydrogen) atoms. The lowest BCUT2D eigenvalue weighted by molar-refractivity contribution is -0.122. The number of amides is 1. The van der Waals surface area contributed by atoms with Crippen molar-refractivity contribution in [3.8, 4) is 5.75 Å². The zero-order chi connectivity index (χ0) is 15.9. The first kappa shape index (κ1) is 17.3. The lowest BCUT2D eigenvalue weighted by Gasteiger charge is -2.27. The summed E-state index contributed by atoms with van der Waals surface area (Å²) in [6.07, 6.45) is 0.882. The molecule has 0 spiro atoms. The summed E-state index contributed by atoms with van der Waals surface area (Å²) in [5.41, 5.74) is 0.795. The number of nitrogens with one attached hydrogen (secondary N) is 2. The number of hydrogen-bond acceptors (Lipinski definition) is 4. The van der Waals surface area contributed by atoms with Gasteiger partial charge in [-0.1, -0.05) is 6.07 Å². The molecule has 0 aromatic heterocycles. The van der Waals surface area contributed by atoms with E-state index in [4.69, 9.17) is 9.47 Å². The van der Waals surface area contributed by atoms with Crippen molar-refractivity contribution in [1.82, 2.24) is 5.32 Å². The lowest BCUT2D eigenvalue weighted by atomic mass is 10.00. The Morgan fingerprint density at radius 1 is 1.38 bits per heavy atom. The van der Waals surface area contributed by atoms with Gasteiger partial charge < -0.3 is 20.1 Å². The predicted molar refractivity (Wildman–Crippen MR) is 84.8 cm³/mol. The molecule has 1 rings (SSSR count). The number of methoxy groups -OCH3 is 1. The number of carbonyl (C=O) groups is 1. The zero-order valence-electron chi connectivity index (χ0n) is 13.5. The topological polar surface area (TPSA) is 59.6 Å². The van der Waals surface area contributed by atoms with E-state index in [2.05, 4.69) is 31.4 Å². The van der Waals surface area contributed by atoms with Gasteiger partial charge >= 0.3 is 0 Å². The molecule has 1 unspecified atom stereocenters. The van der Waals surface area contributed by atoms with Crippen LogP contribution in [0.5, 0.6) is 5.75 Å². The number of ether oxygens (including phenoxy) is 2. The minimum absolute atomic E-state index is 0.0201. The Morgan fingerprint density at radius 2 is 2.10 bits per heavy atom. The molecule has 0 fully saturated rings. The molecule has 1 aromatic rings. The third kappa shape index (κ3) is 6.49. The molecular formula is C16H26N2O3. The molecule has 2 N–H and O–H groups in total. The summed E-state index contributed by atoms with van der Waals surface area (Å²) < 4.78 is 10.9. The van der Waals surface area contributed by atoms with Crippen molar-refractivity contribution in [3.63, 3.8) is 0 Å². The molecule has 1 atom stereocenters. The molecule has 118 valence electrons. The Bertz CT molecular complexity index is 461. The van der Waals surface area contributed by atoms with E-state index < -0.39 is 0 Å². The minimum Gasteiger partial charge on any atom is -0.484 e. The molecular weight excluding hydrogens is 268 g/mol. The highest BCUT2D eigenvalue weighted by Crippen LogP contribution is 2.21. The van der Waals surface area contributed by atoms with Crippen LogP contribution in [0, 0.1) is 0 Å². The largest absolute Gasteiger partial charge is 0.484 e. The first-order chi connectivity index (χ1) is 9.86. The van der Waals surface area contributed by atoms with Gasteiger partial charge in [-0.15, -0.1) is 0 Å². The highest BCUT2D eigenvalue weighted by Gasteiger charge is 2.20. The fourth-order valence-electron chi connectivity index (χ4n) is 2.05. The fourth-order valence-corrected chi connectivity index (χ4v) is 2.05. The highest BCUT2D eigenvalue weighted by atomic mass is 16.5. The van der Waals surface area contributed by atoms with Crippen molar-refractivity contribution in [2.75, 3.05) is 26.1 Å². The lowest BCUT2D eigenvalue weighted by Crippen LogP contribution is -2.31. The number of benzene rings is 1. The van der Waals surface area contributed by atoms with Gasteiger partial charge in [0.1, 0.15) is 5.75 Å². The van der Waals surface area contributed by atoms with Crippen LogP contribution in [0.2, 0.25) is 0 Å². The number of anilines is 1. The highest BCUT2D eigenvalue weighted by molar-refractivity contribution is 5.77. The maximum atomic E-state index is 11.2. The molecule has 0 aliphatic carbocycles. The van der Waals surface area contributed by atoms with E-state index >= 15 is 0 Å². The summed E-state index contributed by atoms with van der Waals surface area (Å²) >= 11 is 0. The minimum atomic E-state index is -0.167. The van der Waals surface area contributed by atoms with Crippen LogP contribution in [-0.2, 0) is 9.53 Å². The van der Waals surface area contributed by atoms with Crippen LogP contribution in [0.4, 0.5) is 5.69 Å². The Hall–Kier alpha value is -1.75. The summed E-state index contributed by atoms with van der Waals surface area (Å²) in [5, 5.41) is 5.93. The summed E-state index contributed by atoms with van der Waals surface area (Å²) in [6.45, 7) is 6.26. The van der Waals surface area contributed by atoms with Gasteiger partial charge in [-0.2, -0.15) is 0 Å². The Balaban J connectivity index is 2.58. The molecule has 0 radical (unpaired) electrons. The molecule has 5 nitrogen and oxygen atoms in total. The van der Waals surface area contributed by atoms with E-state index in [-0.39, 0.29) is 24.2 Å². The molecule has 0 aliphatic heterocycles. The van der Waals surface area contributed by atoms with Crippen molar-refractivity contribution in [2.45, 2.75) is 38.8 Å². The second-order valence-electron chi connectivity index (χ2n) is 5.70. The molecule has 0 aliphatic rings. The standard InChI is InChI=1S/C16H26N2O3/c1-12(10-16(2,3)20-5)18-13-7-6-8-14(9-13)21-11-15(19)17-4/h6-9,12,18H,10-11H2,1-5H3,(H,17,19). The summed E-state index contributed by atoms with van der Waals surface area (Å²) in [5.74, 6) is 0.519. The third-order valence-electron chi connectivity index (χ3n) is 3.25. The van der Waals surface area contributed by atoms with Crippen LogP contribution < -0.4 is 15.4 Å². The molecule has 1 aromatic carbocycles. The van der Waals surface area contributed by atoms with Gasteiger partial charge in [0.2, 0.25) is 0 Å². The molecule has 0 bridgehead atoms. The van der Waals surface area contributed by atoms with Gasteiger partial charge in [0, 0.05) is 32.0 Å². The van der Waals surface area contributed by atoms with Gasteiger partial charge in [0.25, 0.3) is 5.91 Å². The van der Waals surface area contributed by atoms with Crippen LogP contribution in [-0.4, -0.2) is 38.3 Å². The van der Waals surface area contributed by atoms with Crippen molar-refractivity contribution in [1.29, 1.82) is 0 Å². The van der Waals surface area contributed by atoms with Gasteiger partial charge in [-0.3, -0.25) is 4.79 Å². The Morgan fingerprint density at radius 3 is 2.71 bits per heavy atom. The molecule has 1 amide bonds. The van der Waals surface area contributed by atoms with E-state index in [9.17, 15) is 4.79 Å². The van der Waals surface area contributed by atoms with Crippen molar-refractivity contribution in [2.24, 2.45) is 0 Å². The number of hydrogen-bond donors (Lipinski definition) is 2. The maximum Gasteiger partial charge on any atom is 0.257 e. The normalized spacial score (nSPS) is 12.6. The quantitative estimate of drug-likeness (QED) is 0.773. The van der Waals surface area contributed by atoms with Crippen molar-refractivity contribution >= 4 is 11.6 Å². The number of rotatable bonds is 8. The van der Waals surface area contributed by atoms with Gasteiger partial charge in [-0.05, 0) is 39.3 Å². The van der Waals surface area contributed by atoms with Gasteiger partial charge in [-0.25, -0.2) is 0 Å². The molecule has 0 saturated heterocycles. The van der Waals surface area contributed by atoms with Crippen molar-refractivity contribution < 1.29 is 14.3 Å². The van der Waals surface area contributed by atoms with Crippen molar-refractivity contribution in [3.05, 3.63) is 24.3 Å². The van der Waals surface area contributed by atoms with Gasteiger partial charge in [0.15, 0.2) is 6.61 Å². The Labute approximate surface area is 127 Å². The van der Waals surface area contributed by atoms with Crippen LogP contribution in [0.3, 0.4) is 0 Å². The first-order valence-corrected chi connectivity index (χ1v) is 7.11. The average Bonchev–Trinajstić information content (AvgIpc) is 2.44. The van der Waals surface area contributed by atoms with Crippen LogP contribution in [0.25, 0.3) is 0 Å². The molecule has 5 heteroatoms. The second kappa shape index (κ2) is 7.88. The molecule has 0 heterocycles. The summed E-state index contributed by atoms with van der Waals surface area (Å²) in [4.78, 5) is 11.2. The van der Waals surface area contributed by atoms with Crippen LogP contribution >= 0.6 is 0 Å². The van der Waals surface area contributed by atoms with E-state index in [0.717, 1.165) is 12.1 Å².